The maximum absolute atomic E-state index is 12.8. The van der Waals surface area contributed by atoms with Crippen LogP contribution in [0.1, 0.15) is 41.8 Å². The molecule has 0 amide bonds. The number of methoxy groups -OCH3 is 1. The largest absolute Gasteiger partial charge is 0.465 e. The van der Waals surface area contributed by atoms with Crippen molar-refractivity contribution in [2.75, 3.05) is 11.8 Å². The maximum atomic E-state index is 12.8. The number of aryl methyl sites for hydroxylation is 1. The molecule has 2 aromatic carbocycles. The first kappa shape index (κ1) is 21.4. The number of benzene rings is 2. The van der Waals surface area contributed by atoms with Gasteiger partial charge in [0, 0.05) is 4.47 Å². The first-order valence-electron chi connectivity index (χ1n) is 8.64. The number of hydrogen-bond acceptors (Lipinski definition) is 4. The molecule has 0 radical (unpaired) electrons. The SMILES string of the molecule is COC(=O)c1cc(Br)c(C)c(NS(=O)(=O)c2ccc(CCC(C)C)cc2)c1. The van der Waals surface area contributed by atoms with Crippen LogP contribution in [0, 0.1) is 12.8 Å². The van der Waals surface area contributed by atoms with Gasteiger partial charge in [-0.3, -0.25) is 4.72 Å². The third-order valence-corrected chi connectivity index (χ3v) is 6.46. The summed E-state index contributed by atoms with van der Waals surface area (Å²) < 4.78 is 33.4. The van der Waals surface area contributed by atoms with Gasteiger partial charge in [-0.1, -0.05) is 41.9 Å². The van der Waals surface area contributed by atoms with Crippen LogP contribution >= 0.6 is 15.9 Å². The zero-order valence-corrected chi connectivity index (χ0v) is 18.3. The second-order valence-electron chi connectivity index (χ2n) is 6.80. The molecular formula is C20H24BrNO4S. The summed E-state index contributed by atoms with van der Waals surface area (Å²) in [6.07, 6.45) is 1.97. The van der Waals surface area contributed by atoms with E-state index in [4.69, 9.17) is 4.74 Å². The fraction of sp³-hybridized carbons (Fsp3) is 0.350. The molecule has 0 saturated heterocycles. The molecule has 0 aliphatic carbocycles. The summed E-state index contributed by atoms with van der Waals surface area (Å²) >= 11 is 3.35. The van der Waals surface area contributed by atoms with Gasteiger partial charge < -0.3 is 4.74 Å². The van der Waals surface area contributed by atoms with E-state index >= 15 is 0 Å². The van der Waals surface area contributed by atoms with E-state index in [2.05, 4.69) is 34.5 Å². The molecule has 7 heteroatoms. The summed E-state index contributed by atoms with van der Waals surface area (Å²) in [7, 11) is -2.49. The minimum atomic E-state index is -3.77. The van der Waals surface area contributed by atoms with E-state index in [9.17, 15) is 13.2 Å². The average Bonchev–Trinajstić information content (AvgIpc) is 2.63. The van der Waals surface area contributed by atoms with Crippen LogP contribution in [0.4, 0.5) is 5.69 Å². The fourth-order valence-corrected chi connectivity index (χ4v) is 4.09. The van der Waals surface area contributed by atoms with Crippen LogP contribution < -0.4 is 4.72 Å². The Morgan fingerprint density at radius 3 is 2.37 bits per heavy atom. The summed E-state index contributed by atoms with van der Waals surface area (Å²) in [4.78, 5) is 12.0. The molecule has 27 heavy (non-hydrogen) atoms. The monoisotopic (exact) mass is 453 g/mol. The first-order chi connectivity index (χ1) is 12.6. The second-order valence-corrected chi connectivity index (χ2v) is 9.34. The summed E-state index contributed by atoms with van der Waals surface area (Å²) in [5.74, 6) is 0.0595. The Kier molecular flexibility index (Phi) is 7.06. The lowest BCUT2D eigenvalue weighted by Crippen LogP contribution is -2.15. The lowest BCUT2D eigenvalue weighted by atomic mass is 10.0. The van der Waals surface area contributed by atoms with Crippen LogP contribution in [-0.2, 0) is 21.2 Å². The molecule has 0 aliphatic heterocycles. The minimum absolute atomic E-state index is 0.176. The number of esters is 1. The van der Waals surface area contributed by atoms with Gasteiger partial charge in [-0.2, -0.15) is 0 Å². The summed E-state index contributed by atoms with van der Waals surface area (Å²) in [6, 6.07) is 9.96. The molecule has 1 N–H and O–H groups in total. The van der Waals surface area contributed by atoms with Gasteiger partial charge in [-0.05, 0) is 61.1 Å². The zero-order chi connectivity index (χ0) is 20.2. The van der Waals surface area contributed by atoms with E-state index in [1.54, 1.807) is 25.1 Å². The van der Waals surface area contributed by atoms with E-state index in [1.165, 1.54) is 13.2 Å². The van der Waals surface area contributed by atoms with Gasteiger partial charge >= 0.3 is 5.97 Å². The van der Waals surface area contributed by atoms with Crippen molar-refractivity contribution in [1.29, 1.82) is 0 Å². The highest BCUT2D eigenvalue weighted by molar-refractivity contribution is 9.10. The topological polar surface area (TPSA) is 72.5 Å². The van der Waals surface area contributed by atoms with Crippen molar-refractivity contribution in [3.63, 3.8) is 0 Å². The molecule has 0 saturated carbocycles. The highest BCUT2D eigenvalue weighted by Crippen LogP contribution is 2.28. The molecule has 0 fully saturated rings. The Hall–Kier alpha value is -1.86. The predicted molar refractivity (Wildman–Crippen MR) is 111 cm³/mol. The van der Waals surface area contributed by atoms with Gasteiger partial charge in [0.25, 0.3) is 10.0 Å². The highest BCUT2D eigenvalue weighted by atomic mass is 79.9. The second kappa shape index (κ2) is 8.89. The molecule has 0 aromatic heterocycles. The van der Waals surface area contributed by atoms with E-state index in [0.717, 1.165) is 18.4 Å². The highest BCUT2D eigenvalue weighted by Gasteiger charge is 2.18. The van der Waals surface area contributed by atoms with Crippen molar-refractivity contribution >= 4 is 37.6 Å². The molecule has 0 spiro atoms. The van der Waals surface area contributed by atoms with E-state index in [-0.39, 0.29) is 10.5 Å². The van der Waals surface area contributed by atoms with E-state index in [1.807, 2.05) is 12.1 Å². The third-order valence-electron chi connectivity index (χ3n) is 4.25. The van der Waals surface area contributed by atoms with Crippen LogP contribution in [0.2, 0.25) is 0 Å². The molecule has 0 unspecified atom stereocenters. The summed E-state index contributed by atoms with van der Waals surface area (Å²) in [6.45, 7) is 6.08. The number of ether oxygens (including phenoxy) is 1. The molecule has 2 aromatic rings. The van der Waals surface area contributed by atoms with Crippen molar-refractivity contribution in [2.45, 2.75) is 38.5 Å². The van der Waals surface area contributed by atoms with Gasteiger partial charge in [-0.15, -0.1) is 0 Å². The van der Waals surface area contributed by atoms with E-state index < -0.39 is 16.0 Å². The van der Waals surface area contributed by atoms with Crippen molar-refractivity contribution in [1.82, 2.24) is 0 Å². The number of nitrogens with one attached hydrogen (secondary N) is 1. The number of sulfonamides is 1. The van der Waals surface area contributed by atoms with E-state index in [0.29, 0.717) is 21.6 Å². The minimum Gasteiger partial charge on any atom is -0.465 e. The van der Waals surface area contributed by atoms with Crippen molar-refractivity contribution in [3.05, 3.63) is 57.6 Å². The van der Waals surface area contributed by atoms with Crippen LogP contribution in [0.25, 0.3) is 0 Å². The molecule has 0 bridgehead atoms. The first-order valence-corrected chi connectivity index (χ1v) is 10.9. The number of carbonyl (C=O) groups is 1. The number of rotatable bonds is 7. The van der Waals surface area contributed by atoms with Crippen molar-refractivity contribution in [2.24, 2.45) is 5.92 Å². The molecular weight excluding hydrogens is 430 g/mol. The molecule has 5 nitrogen and oxygen atoms in total. The molecule has 0 atom stereocenters. The van der Waals surface area contributed by atoms with Crippen LogP contribution in [0.15, 0.2) is 45.8 Å². The number of hydrogen-bond donors (Lipinski definition) is 1. The fourth-order valence-electron chi connectivity index (χ4n) is 2.51. The lowest BCUT2D eigenvalue weighted by Gasteiger charge is -2.14. The third kappa shape index (κ3) is 5.56. The molecule has 146 valence electrons. The normalized spacial score (nSPS) is 11.5. The van der Waals surface area contributed by atoms with Gasteiger partial charge in [0.2, 0.25) is 0 Å². The summed E-state index contributed by atoms with van der Waals surface area (Å²) in [5, 5.41) is 0. The van der Waals surface area contributed by atoms with Gasteiger partial charge in [0.05, 0.1) is 23.3 Å². The molecule has 2 rings (SSSR count). The van der Waals surface area contributed by atoms with Crippen molar-refractivity contribution in [3.8, 4) is 0 Å². The van der Waals surface area contributed by atoms with Crippen LogP contribution in [-0.4, -0.2) is 21.5 Å². The predicted octanol–water partition coefficient (Wildman–Crippen LogP) is 4.93. The Bertz CT molecular complexity index is 922. The number of anilines is 1. The molecule has 0 aliphatic rings. The van der Waals surface area contributed by atoms with Crippen LogP contribution in [0.5, 0.6) is 0 Å². The Morgan fingerprint density at radius 1 is 1.19 bits per heavy atom. The van der Waals surface area contributed by atoms with Gasteiger partial charge in [0.1, 0.15) is 0 Å². The standard InChI is InChI=1S/C20H24BrNO4S/c1-13(2)5-6-15-7-9-17(10-8-15)27(24,25)22-19-12-16(20(23)26-4)11-18(21)14(19)3/h7-13,22H,5-6H2,1-4H3. The quantitative estimate of drug-likeness (QED) is 0.602. The van der Waals surface area contributed by atoms with Gasteiger partial charge in [0.15, 0.2) is 0 Å². The Morgan fingerprint density at radius 2 is 1.81 bits per heavy atom. The van der Waals surface area contributed by atoms with Gasteiger partial charge in [-0.25, -0.2) is 13.2 Å². The number of carbonyl (C=O) groups excluding carboxylic acids is 1. The maximum Gasteiger partial charge on any atom is 0.337 e. The average molecular weight is 454 g/mol. The smallest absolute Gasteiger partial charge is 0.337 e. The Balaban J connectivity index is 2.28. The summed E-state index contributed by atoms with van der Waals surface area (Å²) in [5.41, 5.74) is 2.37. The number of halogens is 1. The van der Waals surface area contributed by atoms with Crippen molar-refractivity contribution < 1.29 is 17.9 Å². The Labute approximate surface area is 169 Å². The molecule has 0 heterocycles. The lowest BCUT2D eigenvalue weighted by molar-refractivity contribution is 0.0600. The van der Waals surface area contributed by atoms with Crippen LogP contribution in [0.3, 0.4) is 0 Å². The zero-order valence-electron chi connectivity index (χ0n) is 15.9.